The number of hydrogen-bond acceptors (Lipinski definition) is 1. The van der Waals surface area contributed by atoms with Gasteiger partial charge in [0.15, 0.2) is 0 Å². The first-order chi connectivity index (χ1) is 11.9. The summed E-state index contributed by atoms with van der Waals surface area (Å²) < 4.78 is 10.00. The number of halogens is 1. The van der Waals surface area contributed by atoms with Crippen LogP contribution in [0.15, 0.2) is 23.5 Å². The van der Waals surface area contributed by atoms with Crippen molar-refractivity contribution in [2.75, 3.05) is 0 Å². The summed E-state index contributed by atoms with van der Waals surface area (Å²) in [5.74, 6) is 6.22. The Labute approximate surface area is 177 Å². The molecule has 0 aliphatic heterocycles. The van der Waals surface area contributed by atoms with Crippen LogP contribution in [0, 0.1) is 27.6 Å². The maximum absolute atomic E-state index is 6.83. The Hall–Kier alpha value is -0.213. The Bertz CT molecular complexity index is 586. The van der Waals surface area contributed by atoms with Crippen LogP contribution in [0.4, 0.5) is 0 Å². The van der Waals surface area contributed by atoms with E-state index in [0.29, 0.717) is 17.8 Å². The van der Waals surface area contributed by atoms with Crippen molar-refractivity contribution in [1.82, 2.24) is 0 Å². The van der Waals surface area contributed by atoms with Crippen molar-refractivity contribution < 1.29 is 4.43 Å². The number of unbranched alkanes of at least 4 members (excludes halogenated alkanes) is 1. The van der Waals surface area contributed by atoms with Crippen molar-refractivity contribution in [2.45, 2.75) is 91.8 Å². The average Bonchev–Trinajstić information content (AvgIpc) is 2.52. The lowest BCUT2D eigenvalue weighted by Gasteiger charge is -2.42. The maximum Gasteiger partial charge on any atom is 0.250 e. The lowest BCUT2D eigenvalue weighted by atomic mass is 9.71. The molecular weight excluding hydrogens is 447 g/mol. The van der Waals surface area contributed by atoms with Gasteiger partial charge in [0.1, 0.15) is 0 Å². The first kappa shape index (κ1) is 23.8. The zero-order chi connectivity index (χ0) is 20.1. The van der Waals surface area contributed by atoms with Gasteiger partial charge in [-0.3, -0.25) is 0 Å². The predicted molar refractivity (Wildman–Crippen MR) is 127 cm³/mol. The molecule has 0 spiro atoms. The molecule has 0 aromatic rings. The molecule has 0 saturated heterocycles. The summed E-state index contributed by atoms with van der Waals surface area (Å²) in [6, 6.07) is 0. The van der Waals surface area contributed by atoms with E-state index < -0.39 is 8.32 Å². The van der Waals surface area contributed by atoms with Gasteiger partial charge in [0.2, 0.25) is 8.32 Å². The second kappa shape index (κ2) is 9.82. The Morgan fingerprint density at radius 1 is 1.38 bits per heavy atom. The molecule has 3 atom stereocenters. The predicted octanol–water partition coefficient (Wildman–Crippen LogP) is 8.09. The van der Waals surface area contributed by atoms with Crippen LogP contribution in [0.2, 0.25) is 18.1 Å². The molecule has 0 amide bonds. The number of hydrogen-bond donors (Lipinski definition) is 0. The number of allylic oxidation sites excluding steroid dienone is 3. The molecule has 0 bridgehead atoms. The van der Waals surface area contributed by atoms with Crippen LogP contribution in [0.3, 0.4) is 0 Å². The maximum atomic E-state index is 6.83. The Balaban J connectivity index is 3.26. The van der Waals surface area contributed by atoms with Gasteiger partial charge in [0, 0.05) is 34.9 Å². The standard InChI is InChI=1S/C23H39IOSi/c1-10-11-12-19(13-14-24)21-15-20(17(2)3)16-22(18(21)4)25-26(8,9)23(5,6)7/h19-21H,2,10-12,15-16H2,1,3-9H3/t19?,20-,21-/m1/s1. The summed E-state index contributed by atoms with van der Waals surface area (Å²) in [6.45, 7) is 22.7. The smallest absolute Gasteiger partial charge is 0.250 e. The molecule has 26 heavy (non-hydrogen) atoms. The molecule has 0 aromatic heterocycles. The van der Waals surface area contributed by atoms with Crippen LogP contribution in [0.1, 0.15) is 73.6 Å². The van der Waals surface area contributed by atoms with Gasteiger partial charge in [-0.1, -0.05) is 58.6 Å². The van der Waals surface area contributed by atoms with Crippen molar-refractivity contribution in [3.8, 4) is 9.85 Å². The summed E-state index contributed by atoms with van der Waals surface area (Å²) in [7, 11) is -1.83. The molecule has 1 nitrogen and oxygen atoms in total. The van der Waals surface area contributed by atoms with Crippen LogP contribution in [-0.2, 0) is 4.43 Å². The molecule has 0 saturated carbocycles. The van der Waals surface area contributed by atoms with Gasteiger partial charge in [-0.2, -0.15) is 0 Å². The van der Waals surface area contributed by atoms with Crippen molar-refractivity contribution in [2.24, 2.45) is 17.8 Å². The van der Waals surface area contributed by atoms with E-state index in [2.05, 4.69) is 93.7 Å². The summed E-state index contributed by atoms with van der Waals surface area (Å²) in [5.41, 5.74) is 2.74. The summed E-state index contributed by atoms with van der Waals surface area (Å²) >= 11 is 2.20. The third-order valence-electron chi connectivity index (χ3n) is 6.44. The largest absolute Gasteiger partial charge is 0.547 e. The molecule has 1 rings (SSSR count). The summed E-state index contributed by atoms with van der Waals surface area (Å²) in [6.07, 6.45) is 5.85. The van der Waals surface area contributed by atoms with E-state index in [-0.39, 0.29) is 5.04 Å². The van der Waals surface area contributed by atoms with E-state index in [1.54, 1.807) is 0 Å². The average molecular weight is 487 g/mol. The highest BCUT2D eigenvalue weighted by Crippen LogP contribution is 2.45. The van der Waals surface area contributed by atoms with Gasteiger partial charge in [-0.25, -0.2) is 0 Å². The fourth-order valence-electron chi connectivity index (χ4n) is 3.45. The first-order valence-corrected chi connectivity index (χ1v) is 14.1. The van der Waals surface area contributed by atoms with Crippen LogP contribution < -0.4 is 0 Å². The molecule has 1 aliphatic carbocycles. The minimum absolute atomic E-state index is 0.218. The van der Waals surface area contributed by atoms with E-state index in [4.69, 9.17) is 4.43 Å². The molecule has 3 heteroatoms. The molecule has 0 fully saturated rings. The lowest BCUT2D eigenvalue weighted by Crippen LogP contribution is -2.41. The van der Waals surface area contributed by atoms with Gasteiger partial charge in [-0.15, -0.1) is 0 Å². The zero-order valence-corrected chi connectivity index (χ0v) is 21.4. The molecule has 0 N–H and O–H groups in total. The van der Waals surface area contributed by atoms with Crippen LogP contribution in [-0.4, -0.2) is 8.32 Å². The van der Waals surface area contributed by atoms with E-state index in [1.807, 2.05) is 0 Å². The molecule has 0 heterocycles. The first-order valence-electron chi connectivity index (χ1n) is 10.1. The second-order valence-electron chi connectivity index (χ2n) is 9.55. The molecule has 148 valence electrons. The van der Waals surface area contributed by atoms with E-state index in [0.717, 1.165) is 6.42 Å². The normalized spacial score (nSPS) is 22.5. The van der Waals surface area contributed by atoms with Crippen LogP contribution in [0.25, 0.3) is 0 Å². The van der Waals surface area contributed by atoms with Crippen LogP contribution >= 0.6 is 22.6 Å². The molecule has 0 aromatic carbocycles. The highest BCUT2D eigenvalue weighted by Gasteiger charge is 2.41. The highest BCUT2D eigenvalue weighted by atomic mass is 127. The van der Waals surface area contributed by atoms with Crippen molar-refractivity contribution >= 4 is 30.9 Å². The monoisotopic (exact) mass is 486 g/mol. The van der Waals surface area contributed by atoms with E-state index in [1.165, 1.54) is 42.6 Å². The second-order valence-corrected chi connectivity index (χ2v) is 14.8. The Kier molecular flexibility index (Phi) is 9.00. The van der Waals surface area contributed by atoms with Gasteiger partial charge >= 0.3 is 0 Å². The van der Waals surface area contributed by atoms with Gasteiger partial charge in [0.05, 0.1) is 5.76 Å². The molecule has 1 aliphatic rings. The number of rotatable bonds is 7. The minimum Gasteiger partial charge on any atom is -0.547 e. The van der Waals surface area contributed by atoms with Gasteiger partial charge < -0.3 is 4.43 Å². The summed E-state index contributed by atoms with van der Waals surface area (Å²) in [5, 5.41) is 0.218. The van der Waals surface area contributed by atoms with Crippen LogP contribution in [0.5, 0.6) is 0 Å². The molecular formula is C23H39IOSi. The van der Waals surface area contributed by atoms with Gasteiger partial charge in [-0.05, 0) is 66.2 Å². The van der Waals surface area contributed by atoms with Gasteiger partial charge in [0.25, 0.3) is 0 Å². The Morgan fingerprint density at radius 3 is 2.46 bits per heavy atom. The Morgan fingerprint density at radius 2 is 2.00 bits per heavy atom. The van der Waals surface area contributed by atoms with Crippen molar-refractivity contribution in [3.05, 3.63) is 23.5 Å². The molecule has 1 unspecified atom stereocenters. The fraction of sp³-hybridized carbons (Fsp3) is 0.739. The zero-order valence-electron chi connectivity index (χ0n) is 18.3. The van der Waals surface area contributed by atoms with Crippen molar-refractivity contribution in [3.63, 3.8) is 0 Å². The van der Waals surface area contributed by atoms with E-state index in [9.17, 15) is 0 Å². The molecule has 0 radical (unpaired) electrons. The third-order valence-corrected chi connectivity index (χ3v) is 11.1. The quantitative estimate of drug-likeness (QED) is 0.153. The van der Waals surface area contributed by atoms with E-state index >= 15 is 0 Å². The third kappa shape index (κ3) is 6.16. The minimum atomic E-state index is -1.83. The topological polar surface area (TPSA) is 9.23 Å². The fourth-order valence-corrected chi connectivity index (χ4v) is 5.02. The van der Waals surface area contributed by atoms with Crippen molar-refractivity contribution in [1.29, 1.82) is 0 Å². The highest BCUT2D eigenvalue weighted by molar-refractivity contribution is 14.1. The SMILES string of the molecule is C=C(C)[C@H]1CC(O[Si](C)(C)C(C)(C)C)=C(C)[C@H](C(C#CI)CCCC)C1. The lowest BCUT2D eigenvalue weighted by molar-refractivity contribution is 0.263. The summed E-state index contributed by atoms with van der Waals surface area (Å²) in [4.78, 5) is 0.